The van der Waals surface area contributed by atoms with Crippen LogP contribution < -0.4 is 4.74 Å². The highest BCUT2D eigenvalue weighted by atomic mass is 79.9. The van der Waals surface area contributed by atoms with Crippen molar-refractivity contribution in [1.82, 2.24) is 0 Å². The molecule has 0 bridgehead atoms. The van der Waals surface area contributed by atoms with Gasteiger partial charge < -0.3 is 4.74 Å². The molecule has 28 heavy (non-hydrogen) atoms. The molecule has 3 nitrogen and oxygen atoms in total. The van der Waals surface area contributed by atoms with Gasteiger partial charge in [-0.3, -0.25) is 9.59 Å². The highest BCUT2D eigenvalue weighted by Crippen LogP contribution is 2.31. The van der Waals surface area contributed by atoms with Crippen LogP contribution in [0.3, 0.4) is 0 Å². The minimum Gasteiger partial charge on any atom is -0.488 e. The van der Waals surface area contributed by atoms with Crippen LogP contribution >= 0.6 is 27.5 Å². The number of hydrogen-bond donors (Lipinski definition) is 0. The number of ether oxygens (including phenoxy) is 1. The molecule has 1 aliphatic rings. The third-order valence-electron chi connectivity index (χ3n) is 4.48. The summed E-state index contributed by atoms with van der Waals surface area (Å²) in [7, 11) is 0. The molecule has 0 saturated heterocycles. The summed E-state index contributed by atoms with van der Waals surface area (Å²) in [4.78, 5) is 25.3. The van der Waals surface area contributed by atoms with Crippen LogP contribution in [0.4, 0.5) is 0 Å². The Labute approximate surface area is 175 Å². The minimum atomic E-state index is -0.260. The molecule has 0 N–H and O–H groups in total. The van der Waals surface area contributed by atoms with Crippen molar-refractivity contribution in [3.63, 3.8) is 0 Å². The highest BCUT2D eigenvalue weighted by molar-refractivity contribution is 9.10. The average molecular weight is 454 g/mol. The summed E-state index contributed by atoms with van der Waals surface area (Å²) in [5, 5.41) is 0.663. The van der Waals surface area contributed by atoms with E-state index in [1.54, 1.807) is 42.5 Å². The van der Waals surface area contributed by atoms with Gasteiger partial charge in [-0.1, -0.05) is 63.9 Å². The largest absolute Gasteiger partial charge is 0.488 e. The predicted molar refractivity (Wildman–Crippen MR) is 113 cm³/mol. The van der Waals surface area contributed by atoms with Gasteiger partial charge >= 0.3 is 0 Å². The van der Waals surface area contributed by atoms with Gasteiger partial charge in [-0.2, -0.15) is 0 Å². The van der Waals surface area contributed by atoms with Gasteiger partial charge in [-0.15, -0.1) is 0 Å². The zero-order chi connectivity index (χ0) is 19.7. The van der Waals surface area contributed by atoms with Gasteiger partial charge in [0.15, 0.2) is 11.6 Å². The lowest BCUT2D eigenvalue weighted by atomic mass is 10.1. The Hall–Kier alpha value is -2.69. The van der Waals surface area contributed by atoms with Gasteiger partial charge in [0.2, 0.25) is 0 Å². The molecule has 0 amide bonds. The molecule has 0 atom stereocenters. The lowest BCUT2D eigenvalue weighted by Crippen LogP contribution is -2.02. The van der Waals surface area contributed by atoms with Crippen LogP contribution in [-0.4, -0.2) is 11.6 Å². The van der Waals surface area contributed by atoms with Crippen molar-refractivity contribution in [3.05, 3.63) is 104 Å². The standard InChI is InChI=1S/C23H14BrClO3/c24-16-7-10-21(28-13-14-5-8-17(25)9-6-14)15(11-16)12-20-22(26)18-3-1-2-4-19(18)23(20)27/h1-12H,13H2. The Balaban J connectivity index is 1.66. The van der Waals surface area contributed by atoms with Crippen LogP contribution in [0.1, 0.15) is 31.8 Å². The van der Waals surface area contributed by atoms with Crippen LogP contribution in [0.15, 0.2) is 76.8 Å². The molecule has 3 aromatic carbocycles. The molecule has 0 aliphatic heterocycles. The van der Waals surface area contributed by atoms with Gasteiger partial charge in [0, 0.05) is 26.2 Å². The topological polar surface area (TPSA) is 43.4 Å². The smallest absolute Gasteiger partial charge is 0.197 e. The fourth-order valence-electron chi connectivity index (χ4n) is 3.06. The molecule has 4 rings (SSSR count). The summed E-state index contributed by atoms with van der Waals surface area (Å²) in [6.45, 7) is 0.344. The molecule has 138 valence electrons. The number of hydrogen-bond acceptors (Lipinski definition) is 3. The molecular weight excluding hydrogens is 440 g/mol. The van der Waals surface area contributed by atoms with Crippen LogP contribution in [0.2, 0.25) is 5.02 Å². The van der Waals surface area contributed by atoms with Gasteiger partial charge in [-0.25, -0.2) is 0 Å². The van der Waals surface area contributed by atoms with Gasteiger partial charge in [0.05, 0.1) is 5.57 Å². The molecule has 1 aliphatic carbocycles. The Kier molecular flexibility index (Phi) is 5.16. The molecule has 0 unspecified atom stereocenters. The van der Waals surface area contributed by atoms with Crippen LogP contribution in [0.25, 0.3) is 6.08 Å². The van der Waals surface area contributed by atoms with Crippen LogP contribution in [0.5, 0.6) is 5.75 Å². The second kappa shape index (κ2) is 7.74. The summed E-state index contributed by atoms with van der Waals surface area (Å²) in [5.41, 5.74) is 2.66. The first-order chi connectivity index (χ1) is 13.5. The SMILES string of the molecule is O=C1C(=Cc2cc(Br)ccc2OCc2ccc(Cl)cc2)C(=O)c2ccccc21. The first-order valence-electron chi connectivity index (χ1n) is 8.60. The third kappa shape index (κ3) is 3.66. The number of rotatable bonds is 4. The molecular formula is C23H14BrClO3. The second-order valence-corrected chi connectivity index (χ2v) is 7.71. The van der Waals surface area contributed by atoms with E-state index < -0.39 is 0 Å². The molecule has 0 fully saturated rings. The van der Waals surface area contributed by atoms with Gasteiger partial charge in [0.1, 0.15) is 12.4 Å². The zero-order valence-corrected chi connectivity index (χ0v) is 17.0. The fourth-order valence-corrected chi connectivity index (χ4v) is 3.57. The van der Waals surface area contributed by atoms with E-state index in [0.29, 0.717) is 34.1 Å². The van der Waals surface area contributed by atoms with Crippen molar-refractivity contribution in [3.8, 4) is 5.75 Å². The Morgan fingerprint density at radius 2 is 1.54 bits per heavy atom. The molecule has 0 heterocycles. The van der Waals surface area contributed by atoms with Crippen LogP contribution in [-0.2, 0) is 6.61 Å². The zero-order valence-electron chi connectivity index (χ0n) is 14.6. The maximum absolute atomic E-state index is 12.7. The Morgan fingerprint density at radius 1 is 0.893 bits per heavy atom. The van der Waals surface area contributed by atoms with E-state index in [2.05, 4.69) is 15.9 Å². The normalized spacial score (nSPS) is 12.9. The molecule has 0 spiro atoms. The summed E-state index contributed by atoms with van der Waals surface area (Å²) in [6, 6.07) is 19.7. The number of ketones is 2. The minimum absolute atomic E-state index is 0.149. The van der Waals surface area contributed by atoms with E-state index >= 15 is 0 Å². The molecule has 0 saturated carbocycles. The lowest BCUT2D eigenvalue weighted by Gasteiger charge is -2.10. The van der Waals surface area contributed by atoms with Crippen molar-refractivity contribution in [2.75, 3.05) is 0 Å². The van der Waals surface area contributed by atoms with Crippen molar-refractivity contribution >= 4 is 45.2 Å². The number of fused-ring (bicyclic) bond motifs is 1. The van der Waals surface area contributed by atoms with E-state index in [-0.39, 0.29) is 17.1 Å². The maximum atomic E-state index is 12.7. The predicted octanol–water partition coefficient (Wildman–Crippen LogP) is 6.14. The fraction of sp³-hybridized carbons (Fsp3) is 0.0435. The first-order valence-corrected chi connectivity index (χ1v) is 9.77. The van der Waals surface area contributed by atoms with Gasteiger partial charge in [-0.05, 0) is 42.0 Å². The van der Waals surface area contributed by atoms with E-state index in [9.17, 15) is 9.59 Å². The summed E-state index contributed by atoms with van der Waals surface area (Å²) < 4.78 is 6.77. The molecule has 3 aromatic rings. The summed E-state index contributed by atoms with van der Waals surface area (Å²) in [6.07, 6.45) is 1.60. The number of benzene rings is 3. The Morgan fingerprint density at radius 3 is 2.18 bits per heavy atom. The number of Topliss-reactive ketones (excluding diaryl/α,β-unsaturated/α-hetero) is 2. The number of allylic oxidation sites excluding steroid dienone is 1. The number of halogens is 2. The van der Waals surface area contributed by atoms with Crippen molar-refractivity contribution in [2.24, 2.45) is 0 Å². The van der Waals surface area contributed by atoms with E-state index in [4.69, 9.17) is 16.3 Å². The number of carbonyl (C=O) groups excluding carboxylic acids is 2. The maximum Gasteiger partial charge on any atom is 0.197 e. The van der Waals surface area contributed by atoms with E-state index in [1.165, 1.54) is 0 Å². The Bertz CT molecular complexity index is 1080. The third-order valence-corrected chi connectivity index (χ3v) is 5.23. The summed E-state index contributed by atoms with van der Waals surface area (Å²) >= 11 is 9.35. The average Bonchev–Trinajstić information content (AvgIpc) is 2.94. The lowest BCUT2D eigenvalue weighted by molar-refractivity contribution is 0.0990. The first kappa shape index (κ1) is 18.7. The molecule has 0 aromatic heterocycles. The second-order valence-electron chi connectivity index (χ2n) is 6.36. The quantitative estimate of drug-likeness (QED) is 0.352. The molecule has 0 radical (unpaired) electrons. The highest BCUT2D eigenvalue weighted by Gasteiger charge is 2.32. The van der Waals surface area contributed by atoms with Crippen molar-refractivity contribution < 1.29 is 14.3 Å². The molecule has 5 heteroatoms. The van der Waals surface area contributed by atoms with Crippen molar-refractivity contribution in [2.45, 2.75) is 6.61 Å². The van der Waals surface area contributed by atoms with E-state index in [1.807, 2.05) is 30.3 Å². The number of carbonyl (C=O) groups is 2. The van der Waals surface area contributed by atoms with Gasteiger partial charge in [0.25, 0.3) is 0 Å². The van der Waals surface area contributed by atoms with E-state index in [0.717, 1.165) is 10.0 Å². The van der Waals surface area contributed by atoms with Crippen LogP contribution in [0, 0.1) is 0 Å². The van der Waals surface area contributed by atoms with Crippen molar-refractivity contribution in [1.29, 1.82) is 0 Å². The summed E-state index contributed by atoms with van der Waals surface area (Å²) in [5.74, 6) is 0.0654. The monoisotopic (exact) mass is 452 g/mol.